The van der Waals surface area contributed by atoms with E-state index in [2.05, 4.69) is 10.6 Å². The monoisotopic (exact) mass is 322 g/mol. The van der Waals surface area contributed by atoms with Crippen molar-refractivity contribution in [1.82, 2.24) is 10.2 Å². The minimum Gasteiger partial charge on any atom is -0.350 e. The fourth-order valence-corrected chi connectivity index (χ4v) is 3.38. The molecule has 0 saturated carbocycles. The van der Waals surface area contributed by atoms with Crippen molar-refractivity contribution in [2.24, 2.45) is 0 Å². The number of carbonyl (C=O) groups is 2. The minimum atomic E-state index is -1.25. The Morgan fingerprint density at radius 3 is 2.50 bits per heavy atom. The molecule has 0 aromatic heterocycles. The summed E-state index contributed by atoms with van der Waals surface area (Å²) in [6.45, 7) is 0.441. The Morgan fingerprint density at radius 2 is 1.71 bits per heavy atom. The molecule has 0 aliphatic carbocycles. The molecule has 0 radical (unpaired) electrons. The van der Waals surface area contributed by atoms with E-state index in [0.29, 0.717) is 17.9 Å². The molecule has 0 saturated heterocycles. The molecule has 0 unspecified atom stereocenters. The number of nitrogens with zero attached hydrogens (tertiary/aromatic N) is 2. The summed E-state index contributed by atoms with van der Waals surface area (Å²) in [6, 6.07) is 14.8. The maximum atomic E-state index is 13.3. The van der Waals surface area contributed by atoms with E-state index >= 15 is 0 Å². The van der Waals surface area contributed by atoms with Gasteiger partial charge in [0, 0.05) is 11.3 Å². The summed E-state index contributed by atoms with van der Waals surface area (Å²) in [5, 5.41) is 6.17. The molecule has 2 aliphatic heterocycles. The first-order valence-electron chi connectivity index (χ1n) is 7.79. The SMILES string of the molecule is CN(C)CN1C(=O)[C@@]2(NC(=O)c3ccccc3N2)c2ccccc21. The largest absolute Gasteiger partial charge is 0.350 e. The number of hydrogen-bond donors (Lipinski definition) is 2. The molecule has 122 valence electrons. The topological polar surface area (TPSA) is 64.7 Å². The molecule has 4 rings (SSSR count). The lowest BCUT2D eigenvalue weighted by atomic mass is 9.96. The van der Waals surface area contributed by atoms with Crippen LogP contribution in [-0.4, -0.2) is 37.5 Å². The van der Waals surface area contributed by atoms with Crippen molar-refractivity contribution in [1.29, 1.82) is 0 Å². The summed E-state index contributed by atoms with van der Waals surface area (Å²) >= 11 is 0. The second-order valence-corrected chi connectivity index (χ2v) is 6.35. The van der Waals surface area contributed by atoms with Crippen molar-refractivity contribution >= 4 is 23.2 Å². The fraction of sp³-hybridized carbons (Fsp3) is 0.222. The summed E-state index contributed by atoms with van der Waals surface area (Å²) in [5.74, 6) is -0.431. The van der Waals surface area contributed by atoms with Gasteiger partial charge < -0.3 is 10.6 Å². The molecule has 2 heterocycles. The zero-order valence-electron chi connectivity index (χ0n) is 13.5. The fourth-order valence-electron chi connectivity index (χ4n) is 3.38. The van der Waals surface area contributed by atoms with Gasteiger partial charge in [0.05, 0.1) is 17.9 Å². The van der Waals surface area contributed by atoms with Gasteiger partial charge in [-0.1, -0.05) is 30.3 Å². The maximum Gasteiger partial charge on any atom is 0.279 e. The van der Waals surface area contributed by atoms with Crippen molar-refractivity contribution in [2.75, 3.05) is 31.0 Å². The zero-order chi connectivity index (χ0) is 16.9. The number of para-hydroxylation sites is 2. The van der Waals surface area contributed by atoms with Crippen LogP contribution < -0.4 is 15.5 Å². The third kappa shape index (κ3) is 1.93. The van der Waals surface area contributed by atoms with Crippen LogP contribution in [0.15, 0.2) is 48.5 Å². The third-order valence-electron chi connectivity index (χ3n) is 4.38. The van der Waals surface area contributed by atoms with Crippen LogP contribution in [-0.2, 0) is 10.5 Å². The first kappa shape index (κ1) is 14.7. The van der Waals surface area contributed by atoms with Crippen LogP contribution in [0.5, 0.6) is 0 Å². The summed E-state index contributed by atoms with van der Waals surface area (Å²) in [7, 11) is 3.81. The van der Waals surface area contributed by atoms with Gasteiger partial charge in [0.1, 0.15) is 0 Å². The molecular weight excluding hydrogens is 304 g/mol. The van der Waals surface area contributed by atoms with Crippen LogP contribution >= 0.6 is 0 Å². The normalized spacial score (nSPS) is 21.5. The van der Waals surface area contributed by atoms with Gasteiger partial charge in [0.15, 0.2) is 0 Å². The van der Waals surface area contributed by atoms with Crippen LogP contribution in [0.4, 0.5) is 11.4 Å². The minimum absolute atomic E-state index is 0.180. The summed E-state index contributed by atoms with van der Waals surface area (Å²) in [5.41, 5.74) is 1.52. The smallest absolute Gasteiger partial charge is 0.279 e. The van der Waals surface area contributed by atoms with Gasteiger partial charge in [-0.15, -0.1) is 0 Å². The predicted molar refractivity (Wildman–Crippen MR) is 91.7 cm³/mol. The lowest BCUT2D eigenvalue weighted by Gasteiger charge is -2.36. The lowest BCUT2D eigenvalue weighted by molar-refractivity contribution is -0.123. The van der Waals surface area contributed by atoms with Gasteiger partial charge in [-0.3, -0.25) is 19.4 Å². The second-order valence-electron chi connectivity index (χ2n) is 6.35. The summed E-state index contributed by atoms with van der Waals surface area (Å²) in [4.78, 5) is 29.5. The van der Waals surface area contributed by atoms with Crippen LogP contribution in [0.25, 0.3) is 0 Å². The Bertz CT molecular complexity index is 848. The molecule has 0 fully saturated rings. The highest BCUT2D eigenvalue weighted by molar-refractivity contribution is 6.15. The Hall–Kier alpha value is -2.86. The van der Waals surface area contributed by atoms with E-state index in [1.165, 1.54) is 0 Å². The van der Waals surface area contributed by atoms with Crippen LogP contribution in [0.1, 0.15) is 15.9 Å². The predicted octanol–water partition coefficient (Wildman–Crippen LogP) is 1.56. The Balaban J connectivity index is 1.87. The molecule has 24 heavy (non-hydrogen) atoms. The quantitative estimate of drug-likeness (QED) is 0.881. The van der Waals surface area contributed by atoms with Crippen LogP contribution in [0, 0.1) is 0 Å². The van der Waals surface area contributed by atoms with Crippen LogP contribution in [0.2, 0.25) is 0 Å². The molecule has 1 atom stereocenters. The van der Waals surface area contributed by atoms with Crippen molar-refractivity contribution in [2.45, 2.75) is 5.66 Å². The standard InChI is InChI=1S/C18H18N4O2/c1-21(2)11-22-15-10-6-4-8-13(15)18(17(22)24)19-14-9-5-3-7-12(14)16(23)20-18/h3-10,19H,11H2,1-2H3,(H,20,23)/t18-/m0/s1. The Morgan fingerprint density at radius 1 is 1.00 bits per heavy atom. The molecule has 6 heteroatoms. The van der Waals surface area contributed by atoms with Crippen molar-refractivity contribution in [3.63, 3.8) is 0 Å². The first-order chi connectivity index (χ1) is 11.5. The highest BCUT2D eigenvalue weighted by Crippen LogP contribution is 2.43. The summed E-state index contributed by atoms with van der Waals surface area (Å²) in [6.07, 6.45) is 0. The molecule has 2 aromatic rings. The van der Waals surface area contributed by atoms with Crippen molar-refractivity contribution < 1.29 is 9.59 Å². The molecule has 0 bridgehead atoms. The average molecular weight is 322 g/mol. The number of rotatable bonds is 2. The lowest BCUT2D eigenvalue weighted by Crippen LogP contribution is -2.61. The number of amides is 2. The van der Waals surface area contributed by atoms with Crippen molar-refractivity contribution in [3.8, 4) is 0 Å². The molecule has 2 aliphatic rings. The van der Waals surface area contributed by atoms with Crippen molar-refractivity contribution in [3.05, 3.63) is 59.7 Å². The van der Waals surface area contributed by atoms with E-state index in [4.69, 9.17) is 0 Å². The number of carbonyl (C=O) groups excluding carboxylic acids is 2. The van der Waals surface area contributed by atoms with E-state index in [0.717, 1.165) is 11.3 Å². The van der Waals surface area contributed by atoms with E-state index in [1.54, 1.807) is 17.0 Å². The van der Waals surface area contributed by atoms with E-state index in [1.807, 2.05) is 55.4 Å². The van der Waals surface area contributed by atoms with Gasteiger partial charge in [0.2, 0.25) is 5.66 Å². The Kier molecular flexibility index (Phi) is 3.11. The average Bonchev–Trinajstić information content (AvgIpc) is 2.78. The maximum absolute atomic E-state index is 13.3. The van der Waals surface area contributed by atoms with Gasteiger partial charge in [-0.05, 0) is 32.3 Å². The van der Waals surface area contributed by atoms with Gasteiger partial charge >= 0.3 is 0 Å². The van der Waals surface area contributed by atoms with Gasteiger partial charge in [-0.25, -0.2) is 0 Å². The molecule has 1 spiro atoms. The number of fused-ring (bicyclic) bond motifs is 3. The number of hydrogen-bond acceptors (Lipinski definition) is 4. The highest BCUT2D eigenvalue weighted by atomic mass is 16.2. The van der Waals surface area contributed by atoms with E-state index < -0.39 is 5.66 Å². The molecule has 6 nitrogen and oxygen atoms in total. The molecule has 2 N–H and O–H groups in total. The van der Waals surface area contributed by atoms with Gasteiger partial charge in [0.25, 0.3) is 11.8 Å². The van der Waals surface area contributed by atoms with E-state index in [9.17, 15) is 9.59 Å². The molecular formula is C18H18N4O2. The van der Waals surface area contributed by atoms with E-state index in [-0.39, 0.29) is 11.8 Å². The van der Waals surface area contributed by atoms with Gasteiger partial charge in [-0.2, -0.15) is 0 Å². The first-order valence-corrected chi connectivity index (χ1v) is 7.79. The third-order valence-corrected chi connectivity index (χ3v) is 4.38. The Labute approximate surface area is 140 Å². The molecule has 2 aromatic carbocycles. The summed E-state index contributed by atoms with van der Waals surface area (Å²) < 4.78 is 0. The number of anilines is 2. The van der Waals surface area contributed by atoms with Crippen LogP contribution in [0.3, 0.4) is 0 Å². The second kappa shape index (κ2) is 5.07. The number of benzene rings is 2. The zero-order valence-corrected chi connectivity index (χ0v) is 13.5. The highest BCUT2D eigenvalue weighted by Gasteiger charge is 2.54. The molecule has 2 amide bonds. The number of nitrogens with one attached hydrogen (secondary N) is 2.